The highest BCUT2D eigenvalue weighted by molar-refractivity contribution is 5.77. The lowest BCUT2D eigenvalue weighted by atomic mass is 10.0. The number of esters is 1. The topological polar surface area (TPSA) is 95.9 Å². The Morgan fingerprint density at radius 1 is 0.484 bits per heavy atom. The minimum Gasteiger partial charge on any atom is -0.461 e. The van der Waals surface area contributed by atoms with Gasteiger partial charge >= 0.3 is 5.97 Å². The van der Waals surface area contributed by atoms with E-state index in [0.717, 1.165) is 89.9 Å². The number of aliphatic hydroxyl groups excluding tert-OH is 2. The molecule has 0 spiro atoms. The molecule has 0 aromatic carbocycles. The number of aliphatic hydroxyl groups is 2. The number of carbonyl (C=O) groups is 2. The molecule has 0 saturated heterocycles. The molecule has 0 aliphatic carbocycles. The maximum atomic E-state index is 13.2. The lowest BCUT2D eigenvalue weighted by molar-refractivity contribution is -0.150. The van der Waals surface area contributed by atoms with Crippen molar-refractivity contribution in [3.05, 3.63) is 134 Å². The molecule has 6 heteroatoms. The van der Waals surface area contributed by atoms with Gasteiger partial charge in [-0.1, -0.05) is 225 Å². The van der Waals surface area contributed by atoms with Crippen molar-refractivity contribution in [3.63, 3.8) is 0 Å². The molecular formula is C58H93NO5. The Labute approximate surface area is 393 Å². The highest BCUT2D eigenvalue weighted by Crippen LogP contribution is 2.15. The van der Waals surface area contributed by atoms with Gasteiger partial charge in [0.2, 0.25) is 5.91 Å². The summed E-state index contributed by atoms with van der Waals surface area (Å²) < 4.78 is 5.82. The standard InChI is InChI=1S/C58H93NO5/c1-4-7-10-13-16-19-22-24-26-27-28-29-31-33-36-39-42-45-48-51-58(63)64-54(49-46-43-40-37-35-32-30-25-23-20-17-14-11-8-5-2)52-57(62)59-55(53-60)56(61)50-47-44-41-38-34-21-18-15-12-9-6-3/h7-8,10-11,16-17,19-20,24-26,28-30,33,35-37,42-43,45-46,54-56,60-61H,4-6,9,12-15,18,21-23,27,31-32,34,38-41,44,47-53H2,1-3H3,(H,59,62)/b10-7-,11-8-,19-16-,20-17-,26-24-,29-28-,30-25-,36-33-,37-35-,45-42-,46-43-. The van der Waals surface area contributed by atoms with Gasteiger partial charge in [0.05, 0.1) is 25.2 Å². The van der Waals surface area contributed by atoms with Crippen molar-refractivity contribution in [2.24, 2.45) is 0 Å². The third kappa shape index (κ3) is 44.6. The summed E-state index contributed by atoms with van der Waals surface area (Å²) in [6.07, 6.45) is 71.1. The molecular weight excluding hydrogens is 791 g/mol. The summed E-state index contributed by atoms with van der Waals surface area (Å²) in [6.45, 7) is 6.18. The molecule has 360 valence electrons. The molecule has 0 heterocycles. The highest BCUT2D eigenvalue weighted by atomic mass is 16.5. The Kier molecular flexibility index (Phi) is 46.9. The number of allylic oxidation sites excluding steroid dienone is 21. The number of rotatable bonds is 43. The van der Waals surface area contributed by atoms with Crippen molar-refractivity contribution >= 4 is 11.9 Å². The Bertz CT molecular complexity index is 1410. The SMILES string of the molecule is CC/C=C\C/C=C\C/C=C\C/C=C\C/C=C\C/C=C\CCC(=O)OC(C/C=C\C/C=C\C/C=C\C/C=C\C/C=C\CC)CC(=O)NC(CO)C(O)CCCCCCCCCCCCC. The Hall–Kier alpha value is -4.00. The molecule has 64 heavy (non-hydrogen) atoms. The van der Waals surface area contributed by atoms with Crippen LogP contribution in [0.25, 0.3) is 0 Å². The van der Waals surface area contributed by atoms with E-state index in [9.17, 15) is 19.8 Å². The number of ether oxygens (including phenoxy) is 1. The second-order valence-corrected chi connectivity index (χ2v) is 16.5. The normalized spacial score (nSPS) is 14.4. The van der Waals surface area contributed by atoms with Gasteiger partial charge in [0, 0.05) is 12.8 Å². The predicted molar refractivity (Wildman–Crippen MR) is 277 cm³/mol. The third-order valence-electron chi connectivity index (χ3n) is 10.5. The fraction of sp³-hybridized carbons (Fsp3) is 0.586. The van der Waals surface area contributed by atoms with Crippen LogP contribution in [0.3, 0.4) is 0 Å². The summed E-state index contributed by atoms with van der Waals surface area (Å²) >= 11 is 0. The summed E-state index contributed by atoms with van der Waals surface area (Å²) in [7, 11) is 0. The van der Waals surface area contributed by atoms with Crippen LogP contribution in [-0.4, -0.2) is 46.9 Å². The Morgan fingerprint density at radius 2 is 0.844 bits per heavy atom. The van der Waals surface area contributed by atoms with Crippen molar-refractivity contribution in [2.45, 2.75) is 212 Å². The monoisotopic (exact) mass is 884 g/mol. The van der Waals surface area contributed by atoms with E-state index in [0.29, 0.717) is 19.3 Å². The minimum absolute atomic E-state index is 0.0401. The zero-order chi connectivity index (χ0) is 46.7. The van der Waals surface area contributed by atoms with Gasteiger partial charge in [0.15, 0.2) is 0 Å². The van der Waals surface area contributed by atoms with E-state index in [2.05, 4.69) is 142 Å². The Morgan fingerprint density at radius 3 is 1.23 bits per heavy atom. The molecule has 0 aromatic rings. The fourth-order valence-electron chi connectivity index (χ4n) is 6.71. The number of carbonyl (C=O) groups excluding carboxylic acids is 2. The summed E-state index contributed by atoms with van der Waals surface area (Å²) in [6, 6.07) is -0.756. The van der Waals surface area contributed by atoms with Crippen LogP contribution in [0.2, 0.25) is 0 Å². The van der Waals surface area contributed by atoms with Gasteiger partial charge < -0.3 is 20.3 Å². The van der Waals surface area contributed by atoms with Crippen molar-refractivity contribution in [2.75, 3.05) is 6.61 Å². The van der Waals surface area contributed by atoms with Crippen LogP contribution in [0, 0.1) is 0 Å². The number of nitrogens with one attached hydrogen (secondary N) is 1. The quantitative estimate of drug-likeness (QED) is 0.0322. The molecule has 0 bridgehead atoms. The van der Waals surface area contributed by atoms with E-state index < -0.39 is 18.2 Å². The summed E-state index contributed by atoms with van der Waals surface area (Å²) in [5.41, 5.74) is 0. The molecule has 0 aromatic heterocycles. The van der Waals surface area contributed by atoms with Crippen LogP contribution in [-0.2, 0) is 14.3 Å². The van der Waals surface area contributed by atoms with Gasteiger partial charge in [-0.05, 0) is 83.5 Å². The average molecular weight is 884 g/mol. The number of amides is 1. The first-order valence-electron chi connectivity index (χ1n) is 25.4. The van der Waals surface area contributed by atoms with Crippen molar-refractivity contribution in [1.82, 2.24) is 5.32 Å². The molecule has 3 unspecified atom stereocenters. The first kappa shape index (κ1) is 60.0. The first-order valence-corrected chi connectivity index (χ1v) is 25.4. The molecule has 0 radical (unpaired) electrons. The van der Waals surface area contributed by atoms with Gasteiger partial charge in [0.1, 0.15) is 6.10 Å². The highest BCUT2D eigenvalue weighted by Gasteiger charge is 2.23. The van der Waals surface area contributed by atoms with E-state index >= 15 is 0 Å². The van der Waals surface area contributed by atoms with E-state index in [1.54, 1.807) is 0 Å². The van der Waals surface area contributed by atoms with E-state index in [1.807, 2.05) is 18.2 Å². The van der Waals surface area contributed by atoms with Crippen LogP contribution in [0.4, 0.5) is 0 Å². The molecule has 3 N–H and O–H groups in total. The van der Waals surface area contributed by atoms with Gasteiger partial charge in [0.25, 0.3) is 0 Å². The fourth-order valence-corrected chi connectivity index (χ4v) is 6.71. The summed E-state index contributed by atoms with van der Waals surface area (Å²) in [5.74, 6) is -0.695. The maximum Gasteiger partial charge on any atom is 0.306 e. The summed E-state index contributed by atoms with van der Waals surface area (Å²) in [4.78, 5) is 26.1. The number of unbranched alkanes of at least 4 members (excludes halogenated alkanes) is 10. The number of hydrogen-bond acceptors (Lipinski definition) is 5. The molecule has 0 fully saturated rings. The molecule has 0 aliphatic heterocycles. The predicted octanol–water partition coefficient (Wildman–Crippen LogP) is 15.4. The second kappa shape index (κ2) is 50.0. The lowest BCUT2D eigenvalue weighted by Gasteiger charge is -2.24. The van der Waals surface area contributed by atoms with Crippen LogP contribution >= 0.6 is 0 Å². The van der Waals surface area contributed by atoms with Crippen molar-refractivity contribution < 1.29 is 24.5 Å². The lowest BCUT2D eigenvalue weighted by Crippen LogP contribution is -2.46. The molecule has 0 saturated carbocycles. The van der Waals surface area contributed by atoms with Gasteiger partial charge in [-0.3, -0.25) is 9.59 Å². The smallest absolute Gasteiger partial charge is 0.306 e. The summed E-state index contributed by atoms with van der Waals surface area (Å²) in [5, 5.41) is 23.7. The maximum absolute atomic E-state index is 13.2. The molecule has 6 nitrogen and oxygen atoms in total. The second-order valence-electron chi connectivity index (χ2n) is 16.5. The van der Waals surface area contributed by atoms with E-state index in [1.165, 1.54) is 51.4 Å². The van der Waals surface area contributed by atoms with Crippen molar-refractivity contribution in [3.8, 4) is 0 Å². The average Bonchev–Trinajstić information content (AvgIpc) is 3.29. The van der Waals surface area contributed by atoms with Gasteiger partial charge in [-0.25, -0.2) is 0 Å². The van der Waals surface area contributed by atoms with Crippen LogP contribution < -0.4 is 5.32 Å². The molecule has 0 aliphatic rings. The molecule has 1 amide bonds. The van der Waals surface area contributed by atoms with E-state index in [-0.39, 0.29) is 31.3 Å². The largest absolute Gasteiger partial charge is 0.461 e. The molecule has 0 rings (SSSR count). The minimum atomic E-state index is -0.833. The van der Waals surface area contributed by atoms with Crippen molar-refractivity contribution in [1.29, 1.82) is 0 Å². The zero-order valence-corrected chi connectivity index (χ0v) is 40.9. The van der Waals surface area contributed by atoms with Gasteiger partial charge in [-0.2, -0.15) is 0 Å². The van der Waals surface area contributed by atoms with Crippen LogP contribution in [0.15, 0.2) is 134 Å². The van der Waals surface area contributed by atoms with Crippen LogP contribution in [0.5, 0.6) is 0 Å². The van der Waals surface area contributed by atoms with E-state index in [4.69, 9.17) is 4.74 Å². The van der Waals surface area contributed by atoms with Gasteiger partial charge in [-0.15, -0.1) is 0 Å². The Balaban J connectivity index is 4.87. The number of hydrogen-bond donors (Lipinski definition) is 3. The zero-order valence-electron chi connectivity index (χ0n) is 40.9. The van der Waals surface area contributed by atoms with Crippen LogP contribution in [0.1, 0.15) is 194 Å². The molecule has 3 atom stereocenters. The third-order valence-corrected chi connectivity index (χ3v) is 10.5. The first-order chi connectivity index (χ1) is 31.5.